The molecule has 3 aromatic rings. The van der Waals surface area contributed by atoms with Crippen molar-refractivity contribution in [1.29, 1.82) is 0 Å². The van der Waals surface area contributed by atoms with Gasteiger partial charge in [-0.3, -0.25) is 4.79 Å². The molecule has 0 aliphatic carbocycles. The third kappa shape index (κ3) is 5.47. The van der Waals surface area contributed by atoms with Crippen LogP contribution in [0.15, 0.2) is 74.6 Å². The molecule has 1 amide bonds. The van der Waals surface area contributed by atoms with Crippen LogP contribution < -0.4 is 14.8 Å². The Balaban J connectivity index is 1.65. The van der Waals surface area contributed by atoms with E-state index in [0.29, 0.717) is 33.8 Å². The monoisotopic (exact) mass is 478 g/mol. The number of benzene rings is 2. The van der Waals surface area contributed by atoms with Crippen molar-refractivity contribution < 1.29 is 22.4 Å². The molecule has 0 unspecified atom stereocenters. The Kier molecular flexibility index (Phi) is 6.73. The fraction of sp³-hybridized carbons (Fsp3) is 0.150. The topological polar surface area (TPSA) is 97.6 Å². The normalized spacial score (nSPS) is 11.2. The lowest BCUT2D eigenvalue weighted by Gasteiger charge is -2.10. The molecule has 0 fully saturated rings. The minimum Gasteiger partial charge on any atom is -0.493 e. The largest absolute Gasteiger partial charge is 0.493 e. The van der Waals surface area contributed by atoms with Gasteiger partial charge >= 0.3 is 0 Å². The van der Waals surface area contributed by atoms with Crippen LogP contribution in [-0.2, 0) is 16.6 Å². The smallest absolute Gasteiger partial charge is 0.255 e. The number of hydrogen-bond donors (Lipinski definition) is 2. The van der Waals surface area contributed by atoms with E-state index in [4.69, 9.17) is 9.15 Å². The van der Waals surface area contributed by atoms with Crippen molar-refractivity contribution in [3.63, 3.8) is 0 Å². The number of nitrogens with one attached hydrogen (secondary N) is 2. The summed E-state index contributed by atoms with van der Waals surface area (Å²) in [5.74, 6) is 0.847. The molecule has 1 heterocycles. The average Bonchev–Trinajstić information content (AvgIpc) is 3.22. The molecule has 0 saturated carbocycles. The Morgan fingerprint density at radius 1 is 1.14 bits per heavy atom. The summed E-state index contributed by atoms with van der Waals surface area (Å²) >= 11 is 3.38. The summed E-state index contributed by atoms with van der Waals surface area (Å²) in [5, 5.41) is 2.74. The van der Waals surface area contributed by atoms with Gasteiger partial charge in [0.2, 0.25) is 10.0 Å². The van der Waals surface area contributed by atoms with Gasteiger partial charge in [0.05, 0.1) is 28.8 Å². The zero-order valence-corrected chi connectivity index (χ0v) is 17.9. The molecule has 152 valence electrons. The molecule has 7 nitrogen and oxygen atoms in total. The quantitative estimate of drug-likeness (QED) is 0.506. The Morgan fingerprint density at radius 2 is 1.90 bits per heavy atom. The van der Waals surface area contributed by atoms with Crippen molar-refractivity contribution in [3.05, 3.63) is 76.7 Å². The first-order valence-electron chi connectivity index (χ1n) is 8.75. The second-order valence-corrected chi connectivity index (χ2v) is 8.58. The van der Waals surface area contributed by atoms with Gasteiger partial charge in [-0.05, 0) is 77.5 Å². The van der Waals surface area contributed by atoms with Crippen LogP contribution in [0.5, 0.6) is 5.75 Å². The van der Waals surface area contributed by atoms with Crippen LogP contribution >= 0.6 is 15.9 Å². The first-order chi connectivity index (χ1) is 13.9. The zero-order valence-electron chi connectivity index (χ0n) is 15.5. The molecule has 0 bridgehead atoms. The Labute approximate surface area is 177 Å². The molecule has 2 aromatic carbocycles. The fourth-order valence-corrected chi connectivity index (χ4v) is 3.98. The lowest BCUT2D eigenvalue weighted by Crippen LogP contribution is -2.23. The third-order valence-electron chi connectivity index (χ3n) is 3.93. The number of amides is 1. The number of anilines is 1. The summed E-state index contributed by atoms with van der Waals surface area (Å²) in [6.45, 7) is 2.46. The van der Waals surface area contributed by atoms with E-state index >= 15 is 0 Å². The Morgan fingerprint density at radius 3 is 2.52 bits per heavy atom. The van der Waals surface area contributed by atoms with E-state index in [2.05, 4.69) is 26.0 Å². The highest BCUT2D eigenvalue weighted by Crippen LogP contribution is 2.26. The maximum atomic E-state index is 12.4. The standard InChI is InChI=1S/C20H19BrN2O5S/c1-2-27-19-10-5-14(12-18(19)21)20(24)23-15-6-8-17(9-7-15)29(25,26)22-13-16-4-3-11-28-16/h3-12,22H,2,13H2,1H3,(H,23,24). The maximum absolute atomic E-state index is 12.4. The Bertz CT molecular complexity index is 1080. The predicted molar refractivity (Wildman–Crippen MR) is 112 cm³/mol. The molecule has 2 N–H and O–H groups in total. The molecular weight excluding hydrogens is 460 g/mol. The number of ether oxygens (including phenoxy) is 1. The molecule has 0 spiro atoms. The van der Waals surface area contributed by atoms with Crippen molar-refractivity contribution in [2.45, 2.75) is 18.4 Å². The van der Waals surface area contributed by atoms with Gasteiger partial charge in [0, 0.05) is 11.3 Å². The lowest BCUT2D eigenvalue weighted by molar-refractivity contribution is 0.102. The van der Waals surface area contributed by atoms with E-state index < -0.39 is 10.0 Å². The minimum atomic E-state index is -3.69. The second kappa shape index (κ2) is 9.25. The van der Waals surface area contributed by atoms with E-state index in [0.717, 1.165) is 0 Å². The van der Waals surface area contributed by atoms with Gasteiger partial charge in [0.1, 0.15) is 11.5 Å². The number of rotatable bonds is 8. The highest BCUT2D eigenvalue weighted by molar-refractivity contribution is 9.10. The van der Waals surface area contributed by atoms with E-state index in [1.54, 1.807) is 30.3 Å². The minimum absolute atomic E-state index is 0.0560. The van der Waals surface area contributed by atoms with E-state index in [1.165, 1.54) is 30.5 Å². The van der Waals surface area contributed by atoms with Crippen LogP contribution in [0.1, 0.15) is 23.0 Å². The highest BCUT2D eigenvalue weighted by atomic mass is 79.9. The van der Waals surface area contributed by atoms with Crippen LogP contribution in [0.4, 0.5) is 5.69 Å². The zero-order chi connectivity index (χ0) is 20.9. The van der Waals surface area contributed by atoms with Crippen LogP contribution in [-0.4, -0.2) is 20.9 Å². The third-order valence-corrected chi connectivity index (χ3v) is 5.97. The molecule has 9 heteroatoms. The van der Waals surface area contributed by atoms with Gasteiger partial charge in [0.15, 0.2) is 0 Å². The highest BCUT2D eigenvalue weighted by Gasteiger charge is 2.15. The van der Waals surface area contributed by atoms with Crippen molar-refractivity contribution >= 4 is 37.5 Å². The number of carbonyl (C=O) groups is 1. The van der Waals surface area contributed by atoms with Crippen LogP contribution in [0.3, 0.4) is 0 Å². The Hall–Kier alpha value is -2.62. The SMILES string of the molecule is CCOc1ccc(C(=O)Nc2ccc(S(=O)(=O)NCc3ccco3)cc2)cc1Br. The number of sulfonamides is 1. The number of halogens is 1. The van der Waals surface area contributed by atoms with Crippen molar-refractivity contribution in [2.75, 3.05) is 11.9 Å². The lowest BCUT2D eigenvalue weighted by atomic mass is 10.2. The maximum Gasteiger partial charge on any atom is 0.255 e. The second-order valence-electron chi connectivity index (χ2n) is 5.96. The van der Waals surface area contributed by atoms with E-state index in [1.807, 2.05) is 6.92 Å². The van der Waals surface area contributed by atoms with E-state index in [9.17, 15) is 13.2 Å². The first-order valence-corrected chi connectivity index (χ1v) is 11.0. The van der Waals surface area contributed by atoms with Gasteiger partial charge in [-0.15, -0.1) is 0 Å². The predicted octanol–water partition coefficient (Wildman–Crippen LogP) is 4.17. The van der Waals surface area contributed by atoms with Gasteiger partial charge in [0.25, 0.3) is 5.91 Å². The summed E-state index contributed by atoms with van der Waals surface area (Å²) in [6.07, 6.45) is 1.48. The summed E-state index contributed by atoms with van der Waals surface area (Å²) in [7, 11) is -3.69. The van der Waals surface area contributed by atoms with Gasteiger partial charge in [-0.2, -0.15) is 0 Å². The summed E-state index contributed by atoms with van der Waals surface area (Å²) < 4.78 is 38.4. The molecule has 0 aliphatic rings. The summed E-state index contributed by atoms with van der Waals surface area (Å²) in [5.41, 5.74) is 0.919. The van der Waals surface area contributed by atoms with E-state index in [-0.39, 0.29) is 17.3 Å². The van der Waals surface area contributed by atoms with Gasteiger partial charge < -0.3 is 14.5 Å². The summed E-state index contributed by atoms with van der Waals surface area (Å²) in [6, 6.07) is 14.3. The number of hydrogen-bond acceptors (Lipinski definition) is 5. The molecule has 0 saturated heterocycles. The molecule has 0 atom stereocenters. The molecule has 0 radical (unpaired) electrons. The average molecular weight is 479 g/mol. The fourth-order valence-electron chi connectivity index (χ4n) is 2.50. The molecule has 1 aromatic heterocycles. The number of furan rings is 1. The van der Waals surface area contributed by atoms with Crippen molar-refractivity contribution in [1.82, 2.24) is 4.72 Å². The molecule has 3 rings (SSSR count). The molecule has 0 aliphatic heterocycles. The molecular formula is C20H19BrN2O5S. The van der Waals surface area contributed by atoms with Gasteiger partial charge in [-0.1, -0.05) is 0 Å². The van der Waals surface area contributed by atoms with Crippen LogP contribution in [0.25, 0.3) is 0 Å². The number of carbonyl (C=O) groups excluding carboxylic acids is 1. The van der Waals surface area contributed by atoms with Gasteiger partial charge in [-0.25, -0.2) is 13.1 Å². The van der Waals surface area contributed by atoms with Crippen LogP contribution in [0, 0.1) is 0 Å². The van der Waals surface area contributed by atoms with Crippen molar-refractivity contribution in [3.8, 4) is 5.75 Å². The van der Waals surface area contributed by atoms with Crippen molar-refractivity contribution in [2.24, 2.45) is 0 Å². The summed E-state index contributed by atoms with van der Waals surface area (Å²) in [4.78, 5) is 12.5. The first kappa shape index (κ1) is 21.1. The van der Waals surface area contributed by atoms with Crippen LogP contribution in [0.2, 0.25) is 0 Å². The molecule has 29 heavy (non-hydrogen) atoms.